The number of aromatic nitrogens is 2. The first kappa shape index (κ1) is 13.9. The van der Waals surface area contributed by atoms with E-state index in [-0.39, 0.29) is 0 Å². The van der Waals surface area contributed by atoms with Gasteiger partial charge in [-0.05, 0) is 32.0 Å². The van der Waals surface area contributed by atoms with Gasteiger partial charge in [-0.2, -0.15) is 4.98 Å². The van der Waals surface area contributed by atoms with Crippen molar-refractivity contribution >= 4 is 11.8 Å². The van der Waals surface area contributed by atoms with Crippen LogP contribution in [0.4, 0.5) is 0 Å². The Hall–Kier alpha value is -1.53. The molecule has 2 N–H and O–H groups in total. The second-order valence-corrected chi connectivity index (χ2v) is 5.75. The third-order valence-electron chi connectivity index (χ3n) is 2.45. The molecule has 0 saturated carbocycles. The standard InChI is InChI=1S/C13H17N3O2S/c1-13(2,14)12-15-11(18-16-12)8-19-10-6-4-5-9(7-10)17-3/h4-7H,8,14H2,1-3H3. The topological polar surface area (TPSA) is 74.2 Å². The van der Waals surface area contributed by atoms with Crippen LogP contribution in [0, 0.1) is 0 Å². The van der Waals surface area contributed by atoms with Gasteiger partial charge in [0.05, 0.1) is 18.4 Å². The molecule has 0 unspecified atom stereocenters. The van der Waals surface area contributed by atoms with Gasteiger partial charge in [0.1, 0.15) is 5.75 Å². The molecule has 0 aliphatic rings. The Balaban J connectivity index is 2.00. The molecule has 0 atom stereocenters. The van der Waals surface area contributed by atoms with Crippen LogP contribution in [0.5, 0.6) is 5.75 Å². The van der Waals surface area contributed by atoms with Crippen LogP contribution in [0.3, 0.4) is 0 Å². The van der Waals surface area contributed by atoms with E-state index in [1.807, 2.05) is 38.1 Å². The molecule has 0 bridgehead atoms. The van der Waals surface area contributed by atoms with Gasteiger partial charge in [-0.3, -0.25) is 0 Å². The molecule has 1 heterocycles. The Morgan fingerprint density at radius 3 is 2.84 bits per heavy atom. The van der Waals surface area contributed by atoms with Crippen LogP contribution < -0.4 is 10.5 Å². The highest BCUT2D eigenvalue weighted by Gasteiger charge is 2.21. The average molecular weight is 279 g/mol. The molecule has 2 aromatic rings. The highest BCUT2D eigenvalue weighted by molar-refractivity contribution is 7.98. The summed E-state index contributed by atoms with van der Waals surface area (Å²) in [6.45, 7) is 3.69. The molecule has 6 heteroatoms. The summed E-state index contributed by atoms with van der Waals surface area (Å²) in [7, 11) is 1.65. The van der Waals surface area contributed by atoms with Gasteiger partial charge in [-0.15, -0.1) is 11.8 Å². The molecule has 2 rings (SSSR count). The van der Waals surface area contributed by atoms with Gasteiger partial charge in [-0.1, -0.05) is 11.2 Å². The monoisotopic (exact) mass is 279 g/mol. The molecule has 0 fully saturated rings. The largest absolute Gasteiger partial charge is 0.497 e. The average Bonchev–Trinajstić information content (AvgIpc) is 2.85. The normalized spacial score (nSPS) is 11.6. The smallest absolute Gasteiger partial charge is 0.237 e. The number of benzene rings is 1. The molecule has 0 radical (unpaired) electrons. The van der Waals surface area contributed by atoms with E-state index in [4.69, 9.17) is 15.0 Å². The lowest BCUT2D eigenvalue weighted by molar-refractivity contribution is 0.370. The Kier molecular flexibility index (Phi) is 4.11. The van der Waals surface area contributed by atoms with Gasteiger partial charge in [0.2, 0.25) is 5.89 Å². The van der Waals surface area contributed by atoms with Crippen molar-refractivity contribution in [2.24, 2.45) is 5.73 Å². The molecule has 1 aromatic heterocycles. The van der Waals surface area contributed by atoms with E-state index in [0.717, 1.165) is 10.6 Å². The van der Waals surface area contributed by atoms with Crippen LogP contribution in [0.1, 0.15) is 25.6 Å². The van der Waals surface area contributed by atoms with Crippen molar-refractivity contribution in [2.45, 2.75) is 30.0 Å². The van der Waals surface area contributed by atoms with E-state index in [2.05, 4.69) is 10.1 Å². The van der Waals surface area contributed by atoms with Crippen molar-refractivity contribution in [1.29, 1.82) is 0 Å². The zero-order valence-corrected chi connectivity index (χ0v) is 12.0. The number of ether oxygens (including phenoxy) is 1. The van der Waals surface area contributed by atoms with Crippen LogP contribution in [-0.4, -0.2) is 17.3 Å². The van der Waals surface area contributed by atoms with E-state index in [9.17, 15) is 0 Å². The Morgan fingerprint density at radius 2 is 2.21 bits per heavy atom. The molecule has 0 spiro atoms. The minimum absolute atomic E-state index is 0.522. The number of methoxy groups -OCH3 is 1. The Morgan fingerprint density at radius 1 is 1.42 bits per heavy atom. The number of thioether (sulfide) groups is 1. The molecule has 0 saturated heterocycles. The number of hydrogen-bond donors (Lipinski definition) is 1. The lowest BCUT2D eigenvalue weighted by Crippen LogP contribution is -2.30. The fraction of sp³-hybridized carbons (Fsp3) is 0.385. The fourth-order valence-corrected chi connectivity index (χ4v) is 2.19. The predicted molar refractivity (Wildman–Crippen MR) is 74.1 cm³/mol. The first-order chi connectivity index (χ1) is 8.99. The number of rotatable bonds is 5. The molecule has 0 aliphatic heterocycles. The summed E-state index contributed by atoms with van der Waals surface area (Å²) in [6, 6.07) is 7.83. The maximum absolute atomic E-state index is 5.91. The zero-order valence-electron chi connectivity index (χ0n) is 11.2. The Bertz CT molecular complexity index is 549. The van der Waals surface area contributed by atoms with Gasteiger partial charge in [0, 0.05) is 4.90 Å². The summed E-state index contributed by atoms with van der Waals surface area (Å²) in [6.07, 6.45) is 0. The first-order valence-corrected chi connectivity index (χ1v) is 6.86. The van der Waals surface area contributed by atoms with Crippen molar-refractivity contribution in [3.05, 3.63) is 36.0 Å². The molecule has 19 heavy (non-hydrogen) atoms. The second-order valence-electron chi connectivity index (χ2n) is 4.70. The maximum atomic E-state index is 5.91. The highest BCUT2D eigenvalue weighted by atomic mass is 32.2. The summed E-state index contributed by atoms with van der Waals surface area (Å²) < 4.78 is 10.4. The van der Waals surface area contributed by atoms with Crippen molar-refractivity contribution < 1.29 is 9.26 Å². The van der Waals surface area contributed by atoms with E-state index < -0.39 is 5.54 Å². The molecule has 0 amide bonds. The summed E-state index contributed by atoms with van der Waals surface area (Å²) >= 11 is 1.61. The van der Waals surface area contributed by atoms with Gasteiger partial charge in [0.15, 0.2) is 5.82 Å². The van der Waals surface area contributed by atoms with E-state index in [1.165, 1.54) is 0 Å². The molecular formula is C13H17N3O2S. The van der Waals surface area contributed by atoms with Gasteiger partial charge < -0.3 is 15.0 Å². The summed E-state index contributed by atoms with van der Waals surface area (Å²) in [5, 5.41) is 3.88. The predicted octanol–water partition coefficient (Wildman–Crippen LogP) is 2.56. The molecule has 0 aliphatic carbocycles. The molecule has 1 aromatic carbocycles. The molecule has 5 nitrogen and oxygen atoms in total. The third kappa shape index (κ3) is 3.71. The van der Waals surface area contributed by atoms with Crippen molar-refractivity contribution in [1.82, 2.24) is 10.1 Å². The minimum atomic E-state index is -0.581. The zero-order chi connectivity index (χ0) is 13.9. The quantitative estimate of drug-likeness (QED) is 0.848. The second kappa shape index (κ2) is 5.63. The fourth-order valence-electron chi connectivity index (χ4n) is 1.41. The number of hydrogen-bond acceptors (Lipinski definition) is 6. The lowest BCUT2D eigenvalue weighted by Gasteiger charge is -2.11. The third-order valence-corrected chi connectivity index (χ3v) is 3.43. The van der Waals surface area contributed by atoms with E-state index in [1.54, 1.807) is 18.9 Å². The van der Waals surface area contributed by atoms with Crippen LogP contribution in [-0.2, 0) is 11.3 Å². The van der Waals surface area contributed by atoms with Crippen LogP contribution >= 0.6 is 11.8 Å². The van der Waals surface area contributed by atoms with E-state index >= 15 is 0 Å². The SMILES string of the molecule is COc1cccc(SCc2nc(C(C)(C)N)no2)c1. The van der Waals surface area contributed by atoms with Crippen molar-refractivity contribution in [3.63, 3.8) is 0 Å². The van der Waals surface area contributed by atoms with Crippen LogP contribution in [0.25, 0.3) is 0 Å². The lowest BCUT2D eigenvalue weighted by atomic mass is 10.1. The maximum Gasteiger partial charge on any atom is 0.237 e. The van der Waals surface area contributed by atoms with Gasteiger partial charge >= 0.3 is 0 Å². The highest BCUT2D eigenvalue weighted by Crippen LogP contribution is 2.26. The number of nitrogens with zero attached hydrogens (tertiary/aromatic N) is 2. The molecule has 102 valence electrons. The van der Waals surface area contributed by atoms with Crippen molar-refractivity contribution in [3.8, 4) is 5.75 Å². The van der Waals surface area contributed by atoms with Crippen LogP contribution in [0.15, 0.2) is 33.7 Å². The minimum Gasteiger partial charge on any atom is -0.497 e. The molecular weight excluding hydrogens is 262 g/mol. The number of nitrogens with two attached hydrogens (primary N) is 1. The van der Waals surface area contributed by atoms with Crippen LogP contribution in [0.2, 0.25) is 0 Å². The summed E-state index contributed by atoms with van der Waals surface area (Å²) in [4.78, 5) is 5.37. The van der Waals surface area contributed by atoms with E-state index in [0.29, 0.717) is 17.5 Å². The van der Waals surface area contributed by atoms with Gasteiger partial charge in [0.25, 0.3) is 0 Å². The first-order valence-electron chi connectivity index (χ1n) is 5.88. The van der Waals surface area contributed by atoms with Gasteiger partial charge in [-0.25, -0.2) is 0 Å². The summed E-state index contributed by atoms with van der Waals surface area (Å²) in [5.74, 6) is 2.53. The van der Waals surface area contributed by atoms with Crippen molar-refractivity contribution in [2.75, 3.05) is 7.11 Å². The Labute approximate surface area is 116 Å². The summed E-state index contributed by atoms with van der Waals surface area (Å²) in [5.41, 5.74) is 5.33.